The average molecular weight is 440 g/mol. The summed E-state index contributed by atoms with van der Waals surface area (Å²) in [5, 5.41) is 0.771. The molecule has 0 N–H and O–H groups in total. The Hall–Kier alpha value is -0.170. The molecular weight excluding hydrogens is 424 g/mol. The van der Waals surface area contributed by atoms with E-state index in [1.54, 1.807) is 6.07 Å². The van der Waals surface area contributed by atoms with E-state index in [1.165, 1.54) is 25.0 Å². The number of hydrogen-bond acceptors (Lipinski definition) is 1. The quantitative estimate of drug-likeness (QED) is 0.508. The molecule has 19 heavy (non-hydrogen) atoms. The minimum Gasteiger partial charge on any atom is -0.335 e. The van der Waals surface area contributed by atoms with Gasteiger partial charge in [-0.2, -0.15) is 0 Å². The van der Waals surface area contributed by atoms with Gasteiger partial charge >= 0.3 is 0 Å². The molecule has 2 nitrogen and oxygen atoms in total. The van der Waals surface area contributed by atoms with Gasteiger partial charge in [-0.25, -0.2) is 4.39 Å². The van der Waals surface area contributed by atoms with E-state index in [0.717, 1.165) is 18.2 Å². The second-order valence-electron chi connectivity index (χ2n) is 4.75. The Balaban J connectivity index is 2.22. The lowest BCUT2D eigenvalue weighted by atomic mass is 10.1. The number of amides is 1. The highest BCUT2D eigenvalue weighted by Crippen LogP contribution is 2.26. The van der Waals surface area contributed by atoms with Crippen LogP contribution in [0.4, 0.5) is 4.39 Å². The van der Waals surface area contributed by atoms with Gasteiger partial charge in [-0.1, -0.05) is 28.8 Å². The molecule has 1 aliphatic carbocycles. The Morgan fingerprint density at radius 3 is 2.68 bits per heavy atom. The second kappa shape index (κ2) is 7.02. The maximum atomic E-state index is 13.1. The van der Waals surface area contributed by atoms with Crippen LogP contribution in [0.25, 0.3) is 0 Å². The smallest absolute Gasteiger partial charge is 0.255 e. The number of carbonyl (C=O) groups excluding carboxylic acids is 1. The summed E-state index contributed by atoms with van der Waals surface area (Å²) in [7, 11) is 0. The van der Waals surface area contributed by atoms with Gasteiger partial charge in [0.15, 0.2) is 0 Å². The van der Waals surface area contributed by atoms with Gasteiger partial charge in [0.05, 0.1) is 5.56 Å². The predicted molar refractivity (Wildman–Crippen MR) is 86.2 cm³/mol. The van der Waals surface area contributed by atoms with Crippen LogP contribution >= 0.6 is 38.5 Å². The van der Waals surface area contributed by atoms with Crippen LogP contribution < -0.4 is 0 Å². The van der Waals surface area contributed by atoms with Crippen LogP contribution in [0.15, 0.2) is 18.2 Å². The van der Waals surface area contributed by atoms with E-state index in [4.69, 9.17) is 0 Å². The molecule has 0 atom stereocenters. The van der Waals surface area contributed by atoms with E-state index in [0.29, 0.717) is 21.7 Å². The molecule has 0 unspecified atom stereocenters. The zero-order valence-electron chi connectivity index (χ0n) is 10.5. The molecule has 0 spiro atoms. The van der Waals surface area contributed by atoms with Crippen LogP contribution in [0, 0.1) is 9.39 Å². The van der Waals surface area contributed by atoms with Crippen molar-refractivity contribution in [2.45, 2.75) is 31.7 Å². The molecule has 0 saturated heterocycles. The fourth-order valence-electron chi connectivity index (χ4n) is 2.57. The first-order valence-electron chi connectivity index (χ1n) is 6.45. The number of alkyl halides is 1. The van der Waals surface area contributed by atoms with Gasteiger partial charge in [-0.05, 0) is 53.6 Å². The Morgan fingerprint density at radius 2 is 2.11 bits per heavy atom. The Morgan fingerprint density at radius 1 is 1.42 bits per heavy atom. The van der Waals surface area contributed by atoms with Crippen molar-refractivity contribution in [1.82, 2.24) is 4.90 Å². The SMILES string of the molecule is O=C(c1ccc(F)cc1I)N(CCBr)C1CCCC1. The molecule has 0 aliphatic heterocycles. The number of benzene rings is 1. The van der Waals surface area contributed by atoms with Crippen molar-refractivity contribution in [2.75, 3.05) is 11.9 Å². The van der Waals surface area contributed by atoms with Gasteiger partial charge in [-0.15, -0.1) is 0 Å². The third kappa shape index (κ3) is 3.68. The van der Waals surface area contributed by atoms with Crippen molar-refractivity contribution in [3.63, 3.8) is 0 Å². The van der Waals surface area contributed by atoms with Crippen LogP contribution in [0.1, 0.15) is 36.0 Å². The number of nitrogens with zero attached hydrogens (tertiary/aromatic N) is 1. The lowest BCUT2D eigenvalue weighted by molar-refractivity contribution is 0.0695. The molecule has 2 rings (SSSR count). The minimum atomic E-state index is -0.297. The maximum absolute atomic E-state index is 13.1. The van der Waals surface area contributed by atoms with Crippen molar-refractivity contribution in [3.05, 3.63) is 33.1 Å². The van der Waals surface area contributed by atoms with Crippen LogP contribution in [0.2, 0.25) is 0 Å². The molecule has 1 fully saturated rings. The summed E-state index contributed by atoms with van der Waals surface area (Å²) < 4.78 is 13.8. The fourth-order valence-corrected chi connectivity index (χ4v) is 3.66. The summed E-state index contributed by atoms with van der Waals surface area (Å²) in [5.41, 5.74) is 0.606. The molecule has 104 valence electrons. The van der Waals surface area contributed by atoms with Gasteiger partial charge in [-0.3, -0.25) is 4.79 Å². The molecule has 1 aromatic rings. The zero-order chi connectivity index (χ0) is 13.8. The molecule has 0 heterocycles. The fraction of sp³-hybridized carbons (Fsp3) is 0.500. The summed E-state index contributed by atoms with van der Waals surface area (Å²) in [4.78, 5) is 14.6. The van der Waals surface area contributed by atoms with Crippen molar-refractivity contribution < 1.29 is 9.18 Å². The monoisotopic (exact) mass is 439 g/mol. The van der Waals surface area contributed by atoms with Crippen LogP contribution in [0.3, 0.4) is 0 Å². The first kappa shape index (κ1) is 15.2. The number of hydrogen-bond donors (Lipinski definition) is 0. The Labute approximate surface area is 135 Å². The zero-order valence-corrected chi connectivity index (χ0v) is 14.3. The van der Waals surface area contributed by atoms with E-state index in [1.807, 2.05) is 27.5 Å². The van der Waals surface area contributed by atoms with Gasteiger partial charge in [0, 0.05) is 21.5 Å². The molecule has 0 bridgehead atoms. The van der Waals surface area contributed by atoms with E-state index in [-0.39, 0.29) is 11.7 Å². The molecule has 1 aromatic carbocycles. The van der Waals surface area contributed by atoms with E-state index >= 15 is 0 Å². The van der Waals surface area contributed by atoms with E-state index in [9.17, 15) is 9.18 Å². The van der Waals surface area contributed by atoms with E-state index in [2.05, 4.69) is 15.9 Å². The summed E-state index contributed by atoms with van der Waals surface area (Å²) in [5.74, 6) is -0.274. The predicted octanol–water partition coefficient (Wildman–Crippen LogP) is 4.21. The molecule has 1 amide bonds. The highest BCUT2D eigenvalue weighted by molar-refractivity contribution is 14.1. The molecule has 1 aliphatic rings. The molecule has 0 aromatic heterocycles. The standard InChI is InChI=1S/C14H16BrFINO/c15-7-8-18(11-3-1-2-4-11)14(19)12-6-5-10(16)9-13(12)17/h5-6,9,11H,1-4,7-8H2. The maximum Gasteiger partial charge on any atom is 0.255 e. The Kier molecular flexibility index (Phi) is 5.62. The molecule has 1 saturated carbocycles. The van der Waals surface area contributed by atoms with Gasteiger partial charge in [0.25, 0.3) is 5.91 Å². The highest BCUT2D eigenvalue weighted by Gasteiger charge is 2.27. The number of carbonyl (C=O) groups is 1. The van der Waals surface area contributed by atoms with Crippen molar-refractivity contribution in [1.29, 1.82) is 0 Å². The summed E-state index contributed by atoms with van der Waals surface area (Å²) >= 11 is 5.44. The van der Waals surface area contributed by atoms with Crippen LogP contribution in [0.5, 0.6) is 0 Å². The lowest BCUT2D eigenvalue weighted by Crippen LogP contribution is -2.40. The summed E-state index contributed by atoms with van der Waals surface area (Å²) in [6.45, 7) is 0.705. The van der Waals surface area contributed by atoms with Crippen molar-refractivity contribution in [2.24, 2.45) is 0 Å². The summed E-state index contributed by atoms with van der Waals surface area (Å²) in [6.07, 6.45) is 4.54. The van der Waals surface area contributed by atoms with Crippen molar-refractivity contribution >= 4 is 44.4 Å². The normalized spacial score (nSPS) is 15.7. The minimum absolute atomic E-state index is 0.0238. The average Bonchev–Trinajstić information content (AvgIpc) is 2.89. The van der Waals surface area contributed by atoms with Gasteiger partial charge in [0.1, 0.15) is 5.82 Å². The highest BCUT2D eigenvalue weighted by atomic mass is 127. The molecule has 5 heteroatoms. The van der Waals surface area contributed by atoms with Crippen LogP contribution in [-0.2, 0) is 0 Å². The van der Waals surface area contributed by atoms with E-state index < -0.39 is 0 Å². The Bertz CT molecular complexity index is 463. The topological polar surface area (TPSA) is 20.3 Å². The molecule has 0 radical (unpaired) electrons. The lowest BCUT2D eigenvalue weighted by Gasteiger charge is -2.28. The summed E-state index contributed by atoms with van der Waals surface area (Å²) in [6, 6.07) is 4.70. The van der Waals surface area contributed by atoms with Crippen molar-refractivity contribution in [3.8, 4) is 0 Å². The first-order chi connectivity index (χ1) is 9.13. The third-order valence-electron chi connectivity index (χ3n) is 3.51. The second-order valence-corrected chi connectivity index (χ2v) is 6.71. The van der Waals surface area contributed by atoms with Gasteiger partial charge < -0.3 is 4.90 Å². The number of halogens is 3. The first-order valence-corrected chi connectivity index (χ1v) is 8.65. The van der Waals surface area contributed by atoms with Gasteiger partial charge in [0.2, 0.25) is 0 Å². The third-order valence-corrected chi connectivity index (χ3v) is 4.76. The van der Waals surface area contributed by atoms with Crippen LogP contribution in [-0.4, -0.2) is 28.7 Å². The largest absolute Gasteiger partial charge is 0.335 e. The molecular formula is C14H16BrFINO. The number of rotatable bonds is 4.